The van der Waals surface area contributed by atoms with Gasteiger partial charge in [-0.2, -0.15) is 4.72 Å². The Labute approximate surface area is 247 Å². The average molecular weight is 587 g/mol. The topological polar surface area (TPSA) is 116 Å². The fourth-order valence-electron chi connectivity index (χ4n) is 5.47. The molecule has 9 nitrogen and oxygen atoms in total. The van der Waals surface area contributed by atoms with E-state index in [0.717, 1.165) is 48.3 Å². The van der Waals surface area contributed by atoms with Crippen LogP contribution in [0.3, 0.4) is 0 Å². The first-order valence-corrected chi connectivity index (χ1v) is 15.8. The van der Waals surface area contributed by atoms with Crippen LogP contribution in [0.5, 0.6) is 0 Å². The highest BCUT2D eigenvalue weighted by atomic mass is 32.2. The highest BCUT2D eigenvalue weighted by molar-refractivity contribution is 7.89. The number of aryl methyl sites for hydroxylation is 1. The van der Waals surface area contributed by atoms with Crippen LogP contribution in [0.15, 0.2) is 83.8 Å². The van der Waals surface area contributed by atoms with Crippen LogP contribution in [0.25, 0.3) is 10.8 Å². The molecule has 0 radical (unpaired) electrons. The first-order chi connectivity index (χ1) is 20.2. The number of aromatic nitrogens is 2. The van der Waals surface area contributed by atoms with Gasteiger partial charge in [0.1, 0.15) is 23.5 Å². The maximum atomic E-state index is 13.6. The Morgan fingerprint density at radius 1 is 0.905 bits per heavy atom. The van der Waals surface area contributed by atoms with E-state index in [-0.39, 0.29) is 29.3 Å². The molecule has 1 fully saturated rings. The molecule has 1 heterocycles. The quantitative estimate of drug-likeness (QED) is 0.252. The van der Waals surface area contributed by atoms with Gasteiger partial charge >= 0.3 is 0 Å². The Bertz CT molecular complexity index is 1630. The molecular weight excluding hydrogens is 548 g/mol. The zero-order valence-corrected chi connectivity index (χ0v) is 25.1. The summed E-state index contributed by atoms with van der Waals surface area (Å²) < 4.78 is 30.0. The summed E-state index contributed by atoms with van der Waals surface area (Å²) in [5.41, 5.74) is 0.878. The predicted octanol–water partition coefficient (Wildman–Crippen LogP) is 4.43. The summed E-state index contributed by atoms with van der Waals surface area (Å²) in [5, 5.41) is 8.11. The van der Waals surface area contributed by atoms with Crippen molar-refractivity contribution in [2.45, 2.75) is 62.0 Å². The molecule has 1 unspecified atom stereocenters. The number of sulfonamides is 1. The van der Waals surface area contributed by atoms with Gasteiger partial charge in [-0.15, -0.1) is 0 Å². The van der Waals surface area contributed by atoms with E-state index in [2.05, 4.69) is 25.3 Å². The Hall–Kier alpha value is -4.02. The van der Waals surface area contributed by atoms with Crippen LogP contribution in [0.4, 0.5) is 11.6 Å². The second-order valence-electron chi connectivity index (χ2n) is 11.1. The molecule has 220 valence electrons. The molecule has 10 heteroatoms. The monoisotopic (exact) mass is 586 g/mol. The second-order valence-corrected chi connectivity index (χ2v) is 12.8. The van der Waals surface area contributed by atoms with E-state index in [4.69, 9.17) is 0 Å². The van der Waals surface area contributed by atoms with E-state index in [1.165, 1.54) is 0 Å². The van der Waals surface area contributed by atoms with Crippen molar-refractivity contribution < 1.29 is 13.2 Å². The van der Waals surface area contributed by atoms with Crippen molar-refractivity contribution in [1.29, 1.82) is 0 Å². The number of carbonyl (C=O) groups is 1. The number of anilines is 2. The maximum Gasteiger partial charge on any atom is 0.241 e. The molecule has 0 aliphatic heterocycles. The van der Waals surface area contributed by atoms with Gasteiger partial charge in [0, 0.05) is 37.6 Å². The van der Waals surface area contributed by atoms with E-state index in [9.17, 15) is 13.2 Å². The lowest BCUT2D eigenvalue weighted by atomic mass is 9.91. The number of nitrogens with zero attached hydrogens (tertiary/aromatic N) is 3. The van der Waals surface area contributed by atoms with Gasteiger partial charge in [0.2, 0.25) is 15.9 Å². The van der Waals surface area contributed by atoms with Crippen LogP contribution in [-0.4, -0.2) is 56.5 Å². The Morgan fingerprint density at radius 2 is 1.57 bits per heavy atom. The summed E-state index contributed by atoms with van der Waals surface area (Å²) in [6, 6.07) is 23.2. The molecule has 42 heavy (non-hydrogen) atoms. The highest BCUT2D eigenvalue weighted by Crippen LogP contribution is 2.25. The number of hydrogen-bond donors (Lipinski definition) is 3. The molecule has 1 atom stereocenters. The van der Waals surface area contributed by atoms with Gasteiger partial charge in [0.25, 0.3) is 0 Å². The van der Waals surface area contributed by atoms with E-state index in [0.29, 0.717) is 11.2 Å². The van der Waals surface area contributed by atoms with Crippen molar-refractivity contribution >= 4 is 38.3 Å². The van der Waals surface area contributed by atoms with Crippen LogP contribution in [0, 0.1) is 6.92 Å². The molecule has 0 spiro atoms. The Kier molecular flexibility index (Phi) is 9.03. The highest BCUT2D eigenvalue weighted by Gasteiger charge is 2.30. The first-order valence-electron chi connectivity index (χ1n) is 14.3. The molecule has 1 saturated carbocycles. The lowest BCUT2D eigenvalue weighted by Crippen LogP contribution is -2.51. The van der Waals surface area contributed by atoms with Gasteiger partial charge < -0.3 is 15.5 Å². The molecule has 3 N–H and O–H groups in total. The van der Waals surface area contributed by atoms with E-state index in [1.54, 1.807) is 18.2 Å². The van der Waals surface area contributed by atoms with Gasteiger partial charge in [-0.3, -0.25) is 4.79 Å². The first kappa shape index (κ1) is 29.5. The van der Waals surface area contributed by atoms with Crippen LogP contribution in [0.2, 0.25) is 0 Å². The molecule has 1 amide bonds. The number of hydrogen-bond acceptors (Lipinski definition) is 7. The molecule has 1 aliphatic carbocycles. The van der Waals surface area contributed by atoms with Gasteiger partial charge in [0.05, 0.1) is 4.90 Å². The molecule has 0 saturated heterocycles. The number of fused-ring (bicyclic) bond motifs is 1. The number of nitrogens with one attached hydrogen (secondary N) is 3. The summed E-state index contributed by atoms with van der Waals surface area (Å²) in [7, 11) is -0.0829. The summed E-state index contributed by atoms with van der Waals surface area (Å²) in [4.78, 5) is 24.7. The van der Waals surface area contributed by atoms with Crippen molar-refractivity contribution in [2.24, 2.45) is 0 Å². The summed E-state index contributed by atoms with van der Waals surface area (Å²) in [6.45, 7) is 1.88. The largest absolute Gasteiger partial charge is 0.367 e. The third kappa shape index (κ3) is 7.24. The fourth-order valence-corrected chi connectivity index (χ4v) is 6.89. The molecule has 1 aliphatic rings. The molecule has 0 bridgehead atoms. The molecule has 4 aromatic rings. The van der Waals surface area contributed by atoms with Crippen LogP contribution < -0.4 is 20.3 Å². The minimum absolute atomic E-state index is 0.0413. The van der Waals surface area contributed by atoms with Crippen molar-refractivity contribution in [3.05, 3.63) is 90.3 Å². The SMILES string of the molecule is Cc1nc(NC2CCC(NC(=O)C(Cc3ccccc3)NS(=O)(=O)c3cccc4ccccc34)CC2)cc(N(C)C)n1. The second kappa shape index (κ2) is 12.9. The van der Waals surface area contributed by atoms with Crippen molar-refractivity contribution in [3.8, 4) is 0 Å². The van der Waals surface area contributed by atoms with Gasteiger partial charge in [-0.25, -0.2) is 18.4 Å². The lowest BCUT2D eigenvalue weighted by molar-refractivity contribution is -0.123. The molecule has 1 aromatic heterocycles. The lowest BCUT2D eigenvalue weighted by Gasteiger charge is -2.31. The molecular formula is C32H38N6O3S. The summed E-state index contributed by atoms with van der Waals surface area (Å²) in [5.74, 6) is 2.03. The van der Waals surface area contributed by atoms with Gasteiger partial charge in [-0.1, -0.05) is 66.7 Å². The minimum Gasteiger partial charge on any atom is -0.367 e. The Balaban J connectivity index is 1.27. The molecule has 5 rings (SSSR count). The van der Waals surface area contributed by atoms with Crippen LogP contribution in [-0.2, 0) is 21.2 Å². The van der Waals surface area contributed by atoms with Crippen molar-refractivity contribution in [2.75, 3.05) is 24.3 Å². The third-order valence-corrected chi connectivity index (χ3v) is 9.17. The number of benzene rings is 3. The maximum absolute atomic E-state index is 13.6. The number of amides is 1. The molecule has 3 aromatic carbocycles. The zero-order chi connectivity index (χ0) is 29.7. The van der Waals surface area contributed by atoms with E-state index < -0.39 is 16.1 Å². The standard InChI is InChI=1S/C32H38N6O3S/c1-22-33-30(21-31(34-22)38(2)3)35-25-16-18-26(19-17-25)36-32(39)28(20-23-10-5-4-6-11-23)37-42(40,41)29-15-9-13-24-12-7-8-14-27(24)29/h4-15,21,25-26,28,37H,16-20H2,1-3H3,(H,36,39)(H,33,34,35). The smallest absolute Gasteiger partial charge is 0.241 e. The fraction of sp³-hybridized carbons (Fsp3) is 0.344. The normalized spacial score (nSPS) is 17.9. The number of carbonyl (C=O) groups excluding carboxylic acids is 1. The van der Waals surface area contributed by atoms with Gasteiger partial charge in [-0.05, 0) is 56.0 Å². The minimum atomic E-state index is -3.99. The zero-order valence-electron chi connectivity index (χ0n) is 24.2. The van der Waals surface area contributed by atoms with E-state index in [1.807, 2.05) is 86.6 Å². The van der Waals surface area contributed by atoms with Gasteiger partial charge in [0.15, 0.2) is 0 Å². The predicted molar refractivity (Wildman–Crippen MR) is 167 cm³/mol. The van der Waals surface area contributed by atoms with E-state index >= 15 is 0 Å². The number of rotatable bonds is 10. The van der Waals surface area contributed by atoms with Crippen LogP contribution in [0.1, 0.15) is 37.1 Å². The average Bonchev–Trinajstić information content (AvgIpc) is 2.97. The summed E-state index contributed by atoms with van der Waals surface area (Å²) >= 11 is 0. The third-order valence-electron chi connectivity index (χ3n) is 7.64. The van der Waals surface area contributed by atoms with Crippen LogP contribution >= 0.6 is 0 Å². The Morgan fingerprint density at radius 3 is 2.31 bits per heavy atom. The van der Waals surface area contributed by atoms with Crippen molar-refractivity contribution in [3.63, 3.8) is 0 Å². The van der Waals surface area contributed by atoms with Crippen molar-refractivity contribution in [1.82, 2.24) is 20.0 Å². The summed E-state index contributed by atoms with van der Waals surface area (Å²) in [6.07, 6.45) is 3.52.